The third kappa shape index (κ3) is 3.08. The number of benzene rings is 2. The maximum Gasteiger partial charge on any atom is 0.272 e. The fourth-order valence-corrected chi connectivity index (χ4v) is 2.41. The summed E-state index contributed by atoms with van der Waals surface area (Å²) in [6.07, 6.45) is 0. The van der Waals surface area contributed by atoms with Crippen LogP contribution in [0.15, 0.2) is 48.5 Å². The molecule has 0 aliphatic carbocycles. The van der Waals surface area contributed by atoms with Gasteiger partial charge in [-0.1, -0.05) is 12.1 Å². The molecule has 0 fully saturated rings. The summed E-state index contributed by atoms with van der Waals surface area (Å²) in [6.45, 7) is 2.01. The average molecular weight is 307 g/mol. The Morgan fingerprint density at radius 1 is 0.957 bits per heavy atom. The average Bonchev–Trinajstić information content (AvgIpc) is 2.98. The van der Waals surface area contributed by atoms with Crippen LogP contribution >= 0.6 is 0 Å². The molecular formula is C18H17N3O2. The molecule has 3 N–H and O–H groups in total. The number of hydrogen-bond acceptors (Lipinski definition) is 2. The standard InChI is InChI=1S/C18H17N3O2/c1-11-3-4-13-10-16(21-15(13)9-11)18(23)20-14-7-5-12(6-8-14)17(22)19-2/h3-10,21H,1-2H3,(H,19,22)(H,20,23). The van der Waals surface area contributed by atoms with Gasteiger partial charge in [0.15, 0.2) is 0 Å². The van der Waals surface area contributed by atoms with E-state index in [4.69, 9.17) is 0 Å². The van der Waals surface area contributed by atoms with E-state index in [1.165, 1.54) is 0 Å². The number of hydrogen-bond donors (Lipinski definition) is 3. The molecule has 0 atom stereocenters. The Kier molecular flexibility index (Phi) is 3.85. The predicted molar refractivity (Wildman–Crippen MR) is 90.8 cm³/mol. The predicted octanol–water partition coefficient (Wildman–Crippen LogP) is 3.09. The molecule has 5 nitrogen and oxygen atoms in total. The molecule has 3 rings (SSSR count). The summed E-state index contributed by atoms with van der Waals surface area (Å²) < 4.78 is 0. The van der Waals surface area contributed by atoms with Crippen molar-refractivity contribution in [2.75, 3.05) is 12.4 Å². The fraction of sp³-hybridized carbons (Fsp3) is 0.111. The van der Waals surface area contributed by atoms with Crippen molar-refractivity contribution >= 4 is 28.4 Å². The zero-order valence-electron chi connectivity index (χ0n) is 12.9. The van der Waals surface area contributed by atoms with Crippen molar-refractivity contribution in [3.63, 3.8) is 0 Å². The molecule has 2 amide bonds. The second-order valence-electron chi connectivity index (χ2n) is 5.38. The molecular weight excluding hydrogens is 290 g/mol. The van der Waals surface area contributed by atoms with Gasteiger partial charge in [-0.2, -0.15) is 0 Å². The van der Waals surface area contributed by atoms with Crippen LogP contribution in [0, 0.1) is 6.92 Å². The summed E-state index contributed by atoms with van der Waals surface area (Å²) >= 11 is 0. The van der Waals surface area contributed by atoms with Crippen LogP contribution in [0.5, 0.6) is 0 Å². The molecule has 0 saturated heterocycles. The first kappa shape index (κ1) is 14.8. The minimum Gasteiger partial charge on any atom is -0.355 e. The van der Waals surface area contributed by atoms with Crippen LogP contribution in [0.3, 0.4) is 0 Å². The molecule has 0 spiro atoms. The van der Waals surface area contributed by atoms with Crippen LogP contribution in [0.2, 0.25) is 0 Å². The lowest BCUT2D eigenvalue weighted by Gasteiger charge is -2.05. The van der Waals surface area contributed by atoms with Crippen LogP contribution in [-0.2, 0) is 0 Å². The number of H-pyrrole nitrogens is 1. The van der Waals surface area contributed by atoms with Crippen LogP contribution in [-0.4, -0.2) is 23.8 Å². The van der Waals surface area contributed by atoms with Gasteiger partial charge in [-0.05, 0) is 48.9 Å². The van der Waals surface area contributed by atoms with E-state index in [1.54, 1.807) is 31.3 Å². The Morgan fingerprint density at radius 3 is 2.39 bits per heavy atom. The van der Waals surface area contributed by atoms with Gasteiger partial charge < -0.3 is 15.6 Å². The Bertz CT molecular complexity index is 879. The van der Waals surface area contributed by atoms with E-state index in [1.807, 2.05) is 31.2 Å². The second kappa shape index (κ2) is 5.96. The number of carbonyl (C=O) groups excluding carboxylic acids is 2. The summed E-state index contributed by atoms with van der Waals surface area (Å²) in [5.74, 6) is -0.375. The van der Waals surface area contributed by atoms with E-state index in [0.717, 1.165) is 16.5 Å². The Labute approximate surface area is 133 Å². The number of rotatable bonds is 3. The van der Waals surface area contributed by atoms with Gasteiger partial charge in [0, 0.05) is 29.2 Å². The van der Waals surface area contributed by atoms with E-state index in [-0.39, 0.29) is 11.8 Å². The van der Waals surface area contributed by atoms with Gasteiger partial charge in [-0.3, -0.25) is 9.59 Å². The van der Waals surface area contributed by atoms with Gasteiger partial charge in [0.1, 0.15) is 5.69 Å². The minimum atomic E-state index is -0.216. The van der Waals surface area contributed by atoms with Gasteiger partial charge >= 0.3 is 0 Å². The molecule has 1 aromatic heterocycles. The zero-order chi connectivity index (χ0) is 16.4. The van der Waals surface area contributed by atoms with Crippen molar-refractivity contribution in [1.29, 1.82) is 0 Å². The molecule has 0 unspecified atom stereocenters. The number of nitrogens with one attached hydrogen (secondary N) is 3. The van der Waals surface area contributed by atoms with Crippen molar-refractivity contribution in [2.45, 2.75) is 6.92 Å². The quantitative estimate of drug-likeness (QED) is 0.695. The van der Waals surface area contributed by atoms with Gasteiger partial charge in [-0.15, -0.1) is 0 Å². The number of carbonyl (C=O) groups is 2. The van der Waals surface area contributed by atoms with Crippen LogP contribution in [0.25, 0.3) is 10.9 Å². The van der Waals surface area contributed by atoms with E-state index in [0.29, 0.717) is 16.9 Å². The number of aromatic nitrogens is 1. The number of amides is 2. The number of fused-ring (bicyclic) bond motifs is 1. The minimum absolute atomic E-state index is 0.158. The van der Waals surface area contributed by atoms with Crippen LogP contribution in [0.1, 0.15) is 26.4 Å². The fourth-order valence-electron chi connectivity index (χ4n) is 2.41. The van der Waals surface area contributed by atoms with Gasteiger partial charge in [-0.25, -0.2) is 0 Å². The van der Waals surface area contributed by atoms with Gasteiger partial charge in [0.05, 0.1) is 0 Å². The van der Waals surface area contributed by atoms with Crippen LogP contribution in [0.4, 0.5) is 5.69 Å². The lowest BCUT2D eigenvalue weighted by molar-refractivity contribution is 0.0962. The number of anilines is 1. The smallest absolute Gasteiger partial charge is 0.272 e. The number of aryl methyl sites for hydroxylation is 1. The summed E-state index contributed by atoms with van der Waals surface area (Å²) in [5, 5.41) is 6.37. The lowest BCUT2D eigenvalue weighted by Crippen LogP contribution is -2.18. The highest BCUT2D eigenvalue weighted by atomic mass is 16.2. The van der Waals surface area contributed by atoms with Crippen LogP contribution < -0.4 is 10.6 Å². The maximum absolute atomic E-state index is 12.3. The largest absolute Gasteiger partial charge is 0.355 e. The van der Waals surface area contributed by atoms with Crippen molar-refractivity contribution < 1.29 is 9.59 Å². The van der Waals surface area contributed by atoms with Crippen molar-refractivity contribution in [3.8, 4) is 0 Å². The summed E-state index contributed by atoms with van der Waals surface area (Å²) in [5.41, 5.74) is 3.76. The van der Waals surface area contributed by atoms with E-state index >= 15 is 0 Å². The molecule has 0 aliphatic heterocycles. The molecule has 1 heterocycles. The molecule has 116 valence electrons. The lowest BCUT2D eigenvalue weighted by atomic mass is 10.2. The van der Waals surface area contributed by atoms with Crippen molar-refractivity contribution in [1.82, 2.24) is 10.3 Å². The third-order valence-electron chi connectivity index (χ3n) is 3.65. The molecule has 0 radical (unpaired) electrons. The van der Waals surface area contributed by atoms with E-state index in [9.17, 15) is 9.59 Å². The molecule has 23 heavy (non-hydrogen) atoms. The van der Waals surface area contributed by atoms with E-state index < -0.39 is 0 Å². The molecule has 0 saturated carbocycles. The highest BCUT2D eigenvalue weighted by Crippen LogP contribution is 2.18. The molecule has 5 heteroatoms. The monoisotopic (exact) mass is 307 g/mol. The normalized spacial score (nSPS) is 10.5. The zero-order valence-corrected chi connectivity index (χ0v) is 12.9. The summed E-state index contributed by atoms with van der Waals surface area (Å²) in [4.78, 5) is 26.9. The topological polar surface area (TPSA) is 74.0 Å². The first-order valence-corrected chi connectivity index (χ1v) is 7.29. The van der Waals surface area contributed by atoms with Gasteiger partial charge in [0.2, 0.25) is 0 Å². The molecule has 0 bridgehead atoms. The van der Waals surface area contributed by atoms with E-state index in [2.05, 4.69) is 15.6 Å². The first-order chi connectivity index (χ1) is 11.1. The summed E-state index contributed by atoms with van der Waals surface area (Å²) in [6, 6.07) is 14.6. The Hall–Kier alpha value is -3.08. The van der Waals surface area contributed by atoms with Gasteiger partial charge in [0.25, 0.3) is 11.8 Å². The summed E-state index contributed by atoms with van der Waals surface area (Å²) in [7, 11) is 1.58. The molecule has 2 aromatic carbocycles. The SMILES string of the molecule is CNC(=O)c1ccc(NC(=O)c2cc3ccc(C)cc3[nH]2)cc1. The Balaban J connectivity index is 1.78. The highest BCUT2D eigenvalue weighted by molar-refractivity contribution is 6.06. The maximum atomic E-state index is 12.3. The number of aromatic amines is 1. The second-order valence-corrected chi connectivity index (χ2v) is 5.38. The molecule has 0 aliphatic rings. The Morgan fingerprint density at radius 2 is 1.70 bits per heavy atom. The molecule has 3 aromatic rings. The first-order valence-electron chi connectivity index (χ1n) is 7.29. The van der Waals surface area contributed by atoms with Crippen molar-refractivity contribution in [3.05, 3.63) is 65.4 Å². The highest BCUT2D eigenvalue weighted by Gasteiger charge is 2.10. The third-order valence-corrected chi connectivity index (χ3v) is 3.65. The van der Waals surface area contributed by atoms with Crippen molar-refractivity contribution in [2.24, 2.45) is 0 Å².